The first-order chi connectivity index (χ1) is 18.4. The molecule has 8 bridgehead atoms. The Morgan fingerprint density at radius 2 is 1.23 bits per heavy atom. The molecule has 40 heavy (non-hydrogen) atoms. The van der Waals surface area contributed by atoms with Crippen molar-refractivity contribution in [3.63, 3.8) is 0 Å². The Bertz CT molecular complexity index is 1580. The van der Waals surface area contributed by atoms with Crippen LogP contribution in [0.2, 0.25) is 0 Å². The average Bonchev–Trinajstić information content (AvgIpc) is 3.67. The Morgan fingerprint density at radius 1 is 0.650 bits per heavy atom. The average molecular weight is 574 g/mol. The van der Waals surface area contributed by atoms with Gasteiger partial charge in [0, 0.05) is 12.0 Å². The summed E-state index contributed by atoms with van der Waals surface area (Å²) in [6.45, 7) is 1.75. The van der Waals surface area contributed by atoms with E-state index in [1.54, 1.807) is 0 Å². The first-order valence-corrected chi connectivity index (χ1v) is 12.9. The van der Waals surface area contributed by atoms with Gasteiger partial charge in [0.25, 0.3) is 0 Å². The molecule has 0 unspecified atom stereocenters. The standard InChI is InChI=1S/C32H30N5O.2ClH/c1-37(2,3)14-5-15-38-30-7-4-6-22(16-30)31-20-29-19-27-11-10-25(34-27)17-23-8-9-24(33-23)18-26-12-13-28(35-26)21-32(31)36-29;;/h4,6-13,16-21H,5,14-15H2,1-3H3;2*1H/q+1;;. The number of halogens is 2. The molecule has 8 heteroatoms. The molecule has 5 heterocycles. The fourth-order valence-corrected chi connectivity index (χ4v) is 4.61. The maximum atomic E-state index is 6.10. The summed E-state index contributed by atoms with van der Waals surface area (Å²) in [5, 5.41) is 0. The third-order valence-corrected chi connectivity index (χ3v) is 6.43. The minimum atomic E-state index is 0. The summed E-state index contributed by atoms with van der Waals surface area (Å²) in [4.78, 5) is 19.2. The van der Waals surface area contributed by atoms with E-state index in [0.717, 1.165) is 80.0 Å². The van der Waals surface area contributed by atoms with Crippen molar-refractivity contribution < 1.29 is 9.22 Å². The highest BCUT2D eigenvalue weighted by Gasteiger charge is 2.19. The number of benzene rings is 1. The highest BCUT2D eigenvalue weighted by atomic mass is 35.5. The molecule has 0 amide bonds. The van der Waals surface area contributed by atoms with Crippen LogP contribution in [0.25, 0.3) is 5.57 Å². The van der Waals surface area contributed by atoms with Gasteiger partial charge in [0.05, 0.1) is 79.9 Å². The van der Waals surface area contributed by atoms with Crippen molar-refractivity contribution in [2.75, 3.05) is 34.3 Å². The molecule has 0 atom stereocenters. The molecule has 204 valence electrons. The van der Waals surface area contributed by atoms with Crippen molar-refractivity contribution in [3.8, 4) is 5.75 Å². The molecule has 1 aromatic rings. The zero-order valence-corrected chi connectivity index (χ0v) is 24.4. The van der Waals surface area contributed by atoms with Crippen LogP contribution >= 0.6 is 24.8 Å². The number of rotatable bonds is 6. The van der Waals surface area contributed by atoms with Crippen LogP contribution in [0.15, 0.2) is 134 Å². The third-order valence-electron chi connectivity index (χ3n) is 6.43. The normalized spacial score (nSPS) is 18.3. The molecular weight excluding hydrogens is 541 g/mol. The van der Waals surface area contributed by atoms with Gasteiger partial charge in [0.2, 0.25) is 0 Å². The van der Waals surface area contributed by atoms with Crippen LogP contribution in [0.4, 0.5) is 0 Å². The van der Waals surface area contributed by atoms with E-state index in [1.165, 1.54) is 0 Å². The fraction of sp³-hybridized carbons (Fsp3) is 0.188. The zero-order chi connectivity index (χ0) is 26.1. The van der Waals surface area contributed by atoms with Crippen molar-refractivity contribution in [1.82, 2.24) is 0 Å². The van der Waals surface area contributed by atoms with Gasteiger partial charge in [0.1, 0.15) is 5.75 Å². The van der Waals surface area contributed by atoms with Crippen molar-refractivity contribution in [1.29, 1.82) is 0 Å². The zero-order valence-electron chi connectivity index (χ0n) is 22.7. The highest BCUT2D eigenvalue weighted by Crippen LogP contribution is 2.30. The van der Waals surface area contributed by atoms with E-state index < -0.39 is 0 Å². The quantitative estimate of drug-likeness (QED) is 0.286. The SMILES string of the molecule is C[N+](C)(C)CCCOc1cccc(C2=CC3=CC4=NC(=CC5=NC(=CC6=NC(=CC2=N3)C=C6)C=C5)C=C4)c1.Cl.Cl. The Labute approximate surface area is 247 Å². The highest BCUT2D eigenvalue weighted by molar-refractivity contribution is 6.32. The lowest BCUT2D eigenvalue weighted by Gasteiger charge is -2.23. The van der Waals surface area contributed by atoms with E-state index in [0.29, 0.717) is 6.61 Å². The van der Waals surface area contributed by atoms with Crippen molar-refractivity contribution >= 4 is 53.2 Å². The molecule has 0 radical (unpaired) electrons. The molecule has 0 N–H and O–H groups in total. The Kier molecular flexibility index (Phi) is 8.84. The minimum Gasteiger partial charge on any atom is -0.493 e. The van der Waals surface area contributed by atoms with E-state index in [4.69, 9.17) is 19.7 Å². The van der Waals surface area contributed by atoms with Gasteiger partial charge >= 0.3 is 0 Å². The van der Waals surface area contributed by atoms with E-state index in [-0.39, 0.29) is 24.8 Å². The molecule has 0 spiro atoms. The fourth-order valence-electron chi connectivity index (χ4n) is 4.61. The van der Waals surface area contributed by atoms with Gasteiger partial charge in [-0.3, -0.25) is 0 Å². The van der Waals surface area contributed by atoms with Gasteiger partial charge < -0.3 is 9.22 Å². The minimum absolute atomic E-state index is 0. The first kappa shape index (κ1) is 29.2. The summed E-state index contributed by atoms with van der Waals surface area (Å²) in [6, 6.07) is 8.25. The number of aliphatic imine (C=N–C) groups is 4. The van der Waals surface area contributed by atoms with E-state index in [1.807, 2.05) is 72.9 Å². The van der Waals surface area contributed by atoms with Gasteiger partial charge in [-0.2, -0.15) is 0 Å². The molecule has 0 fully saturated rings. The van der Waals surface area contributed by atoms with Crippen LogP contribution in [-0.2, 0) is 0 Å². The topological polar surface area (TPSA) is 58.7 Å². The van der Waals surface area contributed by atoms with Crippen molar-refractivity contribution in [3.05, 3.63) is 119 Å². The van der Waals surface area contributed by atoms with Gasteiger partial charge in [-0.25, -0.2) is 20.0 Å². The molecule has 0 aliphatic carbocycles. The second kappa shape index (κ2) is 12.1. The predicted octanol–water partition coefficient (Wildman–Crippen LogP) is 6.42. The molecule has 6 nitrogen and oxygen atoms in total. The Hall–Kier alpha value is -3.84. The molecule has 6 rings (SSSR count). The van der Waals surface area contributed by atoms with Crippen molar-refractivity contribution in [2.24, 2.45) is 20.0 Å². The Balaban J connectivity index is 0.00000185. The number of hydrogen-bond donors (Lipinski definition) is 0. The van der Waals surface area contributed by atoms with Crippen LogP contribution in [0.1, 0.15) is 12.0 Å². The molecule has 1 aromatic carbocycles. The molecule has 5 aliphatic rings. The van der Waals surface area contributed by atoms with Crippen LogP contribution in [0.3, 0.4) is 0 Å². The number of allylic oxidation sites excluding steroid dienone is 12. The summed E-state index contributed by atoms with van der Waals surface area (Å²) >= 11 is 0. The van der Waals surface area contributed by atoms with Gasteiger partial charge in [-0.15, -0.1) is 24.8 Å². The molecule has 0 saturated carbocycles. The second-order valence-electron chi connectivity index (χ2n) is 10.7. The molecule has 0 aromatic heterocycles. The summed E-state index contributed by atoms with van der Waals surface area (Å²) in [7, 11) is 6.60. The van der Waals surface area contributed by atoms with Gasteiger partial charge in [-0.05, 0) is 84.5 Å². The summed E-state index contributed by atoms with van der Waals surface area (Å²) in [6.07, 6.45) is 23.2. The largest absolute Gasteiger partial charge is 0.493 e. The number of hydrogen-bond acceptors (Lipinski definition) is 5. The molecule has 5 aliphatic heterocycles. The first-order valence-electron chi connectivity index (χ1n) is 12.9. The van der Waals surface area contributed by atoms with Crippen LogP contribution in [0.5, 0.6) is 5.75 Å². The number of ether oxygens (including phenoxy) is 1. The number of nitrogens with zero attached hydrogens (tertiary/aromatic N) is 5. The van der Waals surface area contributed by atoms with E-state index in [2.05, 4.69) is 44.3 Å². The van der Waals surface area contributed by atoms with Crippen LogP contribution in [-0.4, -0.2) is 61.6 Å². The number of quaternary nitrogens is 1. The summed E-state index contributed by atoms with van der Waals surface area (Å²) < 4.78 is 7.03. The molecule has 0 saturated heterocycles. The van der Waals surface area contributed by atoms with Gasteiger partial charge in [-0.1, -0.05) is 12.1 Å². The van der Waals surface area contributed by atoms with Gasteiger partial charge in [0.15, 0.2) is 0 Å². The maximum absolute atomic E-state index is 6.10. The Morgan fingerprint density at radius 3 is 1.82 bits per heavy atom. The maximum Gasteiger partial charge on any atom is 0.119 e. The van der Waals surface area contributed by atoms with E-state index >= 15 is 0 Å². The lowest BCUT2D eigenvalue weighted by Crippen LogP contribution is -2.35. The smallest absolute Gasteiger partial charge is 0.119 e. The summed E-state index contributed by atoms with van der Waals surface area (Å²) in [5.74, 6) is 0.863. The van der Waals surface area contributed by atoms with Crippen LogP contribution in [0, 0.1) is 0 Å². The lowest BCUT2D eigenvalue weighted by molar-refractivity contribution is -0.870. The second-order valence-corrected chi connectivity index (χ2v) is 10.7. The molecular formula is C32H32Cl2N5O+. The van der Waals surface area contributed by atoms with Crippen LogP contribution < -0.4 is 4.74 Å². The van der Waals surface area contributed by atoms with E-state index in [9.17, 15) is 0 Å². The van der Waals surface area contributed by atoms with Crippen molar-refractivity contribution in [2.45, 2.75) is 6.42 Å². The predicted molar refractivity (Wildman–Crippen MR) is 171 cm³/mol. The lowest BCUT2D eigenvalue weighted by atomic mass is 10.0. The summed E-state index contributed by atoms with van der Waals surface area (Å²) in [5.41, 5.74) is 9.01. The monoisotopic (exact) mass is 572 g/mol. The number of fused-ring (bicyclic) bond motifs is 4. The third kappa shape index (κ3) is 7.02.